The fourth-order valence-electron chi connectivity index (χ4n) is 7.16. The van der Waals surface area contributed by atoms with Gasteiger partial charge in [0, 0.05) is 10.8 Å². The van der Waals surface area contributed by atoms with Crippen molar-refractivity contribution in [2.75, 3.05) is 0 Å². The topological polar surface area (TPSA) is 13.1 Å². The number of hydrogen-bond acceptors (Lipinski definition) is 1. The molecular formula is C50H32O. The lowest BCUT2D eigenvalue weighted by molar-refractivity contribution is 0.669. The van der Waals surface area contributed by atoms with E-state index in [1.807, 2.05) is 103 Å². The van der Waals surface area contributed by atoms with Gasteiger partial charge < -0.3 is 4.42 Å². The molecule has 10 rings (SSSR count). The molecule has 0 saturated heterocycles. The molecule has 0 saturated carbocycles. The molecule has 0 fully saturated rings. The van der Waals surface area contributed by atoms with Crippen LogP contribution in [0.2, 0.25) is 0 Å². The maximum absolute atomic E-state index is 9.51. The summed E-state index contributed by atoms with van der Waals surface area (Å²) in [5, 5.41) is 4.42. The van der Waals surface area contributed by atoms with Crippen LogP contribution in [-0.2, 0) is 0 Å². The fraction of sp³-hybridized carbons (Fsp3) is 0. The molecule has 0 unspecified atom stereocenters. The van der Waals surface area contributed by atoms with Crippen molar-refractivity contribution in [3.8, 4) is 55.6 Å². The molecular weight excluding hydrogens is 617 g/mol. The van der Waals surface area contributed by atoms with E-state index in [4.69, 9.17) is 16.8 Å². The molecule has 1 aromatic heterocycles. The van der Waals surface area contributed by atoms with Crippen LogP contribution in [0.1, 0.15) is 17.8 Å². The first kappa shape index (κ1) is 18.9. The Kier molecular flexibility index (Phi) is 4.45. The van der Waals surface area contributed by atoms with Crippen LogP contribution >= 0.6 is 0 Å². The van der Waals surface area contributed by atoms with Crippen LogP contribution in [0.3, 0.4) is 0 Å². The van der Waals surface area contributed by atoms with Crippen LogP contribution in [0.4, 0.5) is 0 Å². The Balaban J connectivity index is 1.29. The molecule has 51 heavy (non-hydrogen) atoms. The molecule has 1 heteroatoms. The molecule has 0 amide bonds. The summed E-state index contributed by atoms with van der Waals surface area (Å²) in [4.78, 5) is 0. The van der Waals surface area contributed by atoms with E-state index in [0.717, 1.165) is 43.8 Å². The third-order valence-electron chi connectivity index (χ3n) is 9.37. The highest BCUT2D eigenvalue weighted by atomic mass is 16.3. The first-order chi connectivity index (χ1) is 30.7. The van der Waals surface area contributed by atoms with E-state index in [-0.39, 0.29) is 11.1 Å². The minimum absolute atomic E-state index is 0.0540. The van der Waals surface area contributed by atoms with Crippen LogP contribution in [0.15, 0.2) is 198 Å². The summed E-state index contributed by atoms with van der Waals surface area (Å²) >= 11 is 0. The van der Waals surface area contributed by atoms with E-state index in [1.165, 1.54) is 0 Å². The number of rotatable bonds is 5. The zero-order chi connectivity index (χ0) is 45.0. The molecule has 0 aliphatic carbocycles. The van der Waals surface area contributed by atoms with E-state index in [0.29, 0.717) is 27.5 Å². The van der Waals surface area contributed by atoms with Crippen molar-refractivity contribution < 1.29 is 22.2 Å². The SMILES string of the molecule is [2H]c1c([2H])c([2H])c(-c2c([2H])c([2H])c(-c3c([2H])c([2H])c([2H])c([2H])c3-c3c4ccccc4c(-c4cccc5oc6cc(-c7ccccc7)ccc6c45)c4ccccc34)c([2H])c2[2H])c([2H])c1[2H]. The number of hydrogen-bond donors (Lipinski definition) is 0. The lowest BCUT2D eigenvalue weighted by Crippen LogP contribution is -1.93. The summed E-state index contributed by atoms with van der Waals surface area (Å²) in [6, 6.07) is 28.3. The van der Waals surface area contributed by atoms with Crippen molar-refractivity contribution in [2.24, 2.45) is 0 Å². The normalized spacial score (nSPS) is 15.1. The molecule has 238 valence electrons. The molecule has 9 aromatic carbocycles. The van der Waals surface area contributed by atoms with Gasteiger partial charge in [-0.1, -0.05) is 176 Å². The largest absolute Gasteiger partial charge is 0.456 e. The molecule has 10 aromatic rings. The average Bonchev–Trinajstić information content (AvgIpc) is 3.70. The van der Waals surface area contributed by atoms with Gasteiger partial charge >= 0.3 is 0 Å². The maximum Gasteiger partial charge on any atom is 0.136 e. The Labute approximate surface area is 315 Å². The van der Waals surface area contributed by atoms with Gasteiger partial charge in [0.15, 0.2) is 0 Å². The molecule has 0 atom stereocenters. The van der Waals surface area contributed by atoms with Crippen LogP contribution in [0, 0.1) is 0 Å². The number of benzene rings is 9. The molecule has 0 bridgehead atoms. The van der Waals surface area contributed by atoms with Crippen molar-refractivity contribution in [3.63, 3.8) is 0 Å². The first-order valence-electron chi connectivity index (χ1n) is 23.0. The molecule has 0 radical (unpaired) electrons. The second-order valence-corrected chi connectivity index (χ2v) is 12.2. The predicted molar refractivity (Wildman–Crippen MR) is 216 cm³/mol. The Morgan fingerprint density at radius 3 is 1.59 bits per heavy atom. The van der Waals surface area contributed by atoms with Crippen molar-refractivity contribution in [2.45, 2.75) is 0 Å². The minimum atomic E-state index is -0.741. The smallest absolute Gasteiger partial charge is 0.136 e. The molecule has 1 nitrogen and oxygen atoms in total. The summed E-state index contributed by atoms with van der Waals surface area (Å²) in [6.07, 6.45) is 0. The van der Waals surface area contributed by atoms with E-state index in [1.54, 1.807) is 0 Å². The van der Waals surface area contributed by atoms with Crippen molar-refractivity contribution in [1.29, 1.82) is 0 Å². The summed E-state index contributed by atoms with van der Waals surface area (Å²) in [5.74, 6) is 0. The van der Waals surface area contributed by atoms with E-state index in [9.17, 15) is 5.48 Å². The molecule has 0 aliphatic heterocycles. The lowest BCUT2D eigenvalue weighted by Gasteiger charge is -2.20. The van der Waals surface area contributed by atoms with Crippen molar-refractivity contribution >= 4 is 43.5 Å². The van der Waals surface area contributed by atoms with Gasteiger partial charge in [0.05, 0.1) is 17.8 Å². The van der Waals surface area contributed by atoms with E-state index in [2.05, 4.69) is 12.1 Å². The summed E-state index contributed by atoms with van der Waals surface area (Å²) < 4.78 is 122. The van der Waals surface area contributed by atoms with E-state index < -0.39 is 95.2 Å². The average molecular weight is 662 g/mol. The molecule has 0 spiro atoms. The Morgan fingerprint density at radius 1 is 0.333 bits per heavy atom. The number of furan rings is 1. The summed E-state index contributed by atoms with van der Waals surface area (Å²) in [6.45, 7) is 0. The minimum Gasteiger partial charge on any atom is -0.456 e. The first-order valence-corrected chi connectivity index (χ1v) is 16.5. The standard InChI is InChI=1S/C50H32O/c1-3-14-33(15-4-1)35-26-28-36(29-27-35)38-18-7-8-19-39(38)48-40-20-9-11-22-42(40)49(43-23-12-10-21-41(43)48)45-24-13-25-46-50(45)44-31-30-37(32-47(44)51-46)34-16-5-2-6-17-34/h1-32H/i1D,3D,4D,7D,8D,14D,15D,18D,19D,26D,27D,28D,29D. The highest BCUT2D eigenvalue weighted by Crippen LogP contribution is 2.48. The number of fused-ring (bicyclic) bond motifs is 5. The highest BCUT2D eigenvalue weighted by Gasteiger charge is 2.21. The van der Waals surface area contributed by atoms with Crippen LogP contribution in [-0.4, -0.2) is 0 Å². The van der Waals surface area contributed by atoms with Crippen LogP contribution < -0.4 is 0 Å². The molecule has 0 aliphatic rings. The third-order valence-corrected chi connectivity index (χ3v) is 9.37. The maximum atomic E-state index is 9.51. The van der Waals surface area contributed by atoms with Crippen molar-refractivity contribution in [3.05, 3.63) is 194 Å². The molecule has 0 N–H and O–H groups in total. The van der Waals surface area contributed by atoms with Gasteiger partial charge in [-0.25, -0.2) is 0 Å². The third kappa shape index (κ3) is 4.86. The summed E-state index contributed by atoms with van der Waals surface area (Å²) in [7, 11) is 0. The van der Waals surface area contributed by atoms with Gasteiger partial charge in [0.25, 0.3) is 0 Å². The Morgan fingerprint density at radius 2 is 0.902 bits per heavy atom. The van der Waals surface area contributed by atoms with Crippen molar-refractivity contribution in [1.82, 2.24) is 0 Å². The second-order valence-electron chi connectivity index (χ2n) is 12.2. The van der Waals surface area contributed by atoms with Gasteiger partial charge in [-0.05, 0) is 95.4 Å². The molecule has 1 heterocycles. The van der Waals surface area contributed by atoms with Gasteiger partial charge in [-0.15, -0.1) is 0 Å². The van der Waals surface area contributed by atoms with Gasteiger partial charge in [0.2, 0.25) is 0 Å². The zero-order valence-corrected chi connectivity index (χ0v) is 26.9. The predicted octanol–water partition coefficient (Wildman–Crippen LogP) is 14.2. The zero-order valence-electron chi connectivity index (χ0n) is 39.9. The van der Waals surface area contributed by atoms with Gasteiger partial charge in [-0.2, -0.15) is 0 Å². The Bertz CT molecular complexity index is 3540. The van der Waals surface area contributed by atoms with Gasteiger partial charge in [0.1, 0.15) is 11.2 Å². The monoisotopic (exact) mass is 661 g/mol. The summed E-state index contributed by atoms with van der Waals surface area (Å²) in [5.41, 5.74) is 3.68. The fourth-order valence-corrected chi connectivity index (χ4v) is 7.16. The lowest BCUT2D eigenvalue weighted by atomic mass is 9.83. The second kappa shape index (κ2) is 12.0. The van der Waals surface area contributed by atoms with Gasteiger partial charge in [-0.3, -0.25) is 0 Å². The highest BCUT2D eigenvalue weighted by molar-refractivity contribution is 6.26. The Hall–Kier alpha value is -6.70. The quantitative estimate of drug-likeness (QED) is 0.167. The van der Waals surface area contributed by atoms with E-state index >= 15 is 0 Å². The van der Waals surface area contributed by atoms with Crippen LogP contribution in [0.25, 0.3) is 99.1 Å². The van der Waals surface area contributed by atoms with Crippen LogP contribution in [0.5, 0.6) is 0 Å².